The molecule has 1 aliphatic rings. The molecule has 0 aliphatic carbocycles. The van der Waals surface area contributed by atoms with Crippen LogP contribution in [0.5, 0.6) is 0 Å². The van der Waals surface area contributed by atoms with Crippen molar-refractivity contribution >= 4 is 17.4 Å². The van der Waals surface area contributed by atoms with Crippen molar-refractivity contribution in [3.63, 3.8) is 0 Å². The third-order valence-electron chi connectivity index (χ3n) is 3.08. The largest absolute Gasteiger partial charge is 0.409 e. The van der Waals surface area contributed by atoms with Crippen molar-refractivity contribution < 1.29 is 19.5 Å². The second kappa shape index (κ2) is 6.36. The van der Waals surface area contributed by atoms with Crippen LogP contribution in [0, 0.1) is 0 Å². The fraction of sp³-hybridized carbons (Fsp3) is 0.385. The first kappa shape index (κ1) is 14.3. The SMILES string of the molecule is CN(C(=O)C1COCCO1)c1ccc(C(N)=NO)cc1. The molecule has 20 heavy (non-hydrogen) atoms. The summed E-state index contributed by atoms with van der Waals surface area (Å²) in [4.78, 5) is 13.7. The Morgan fingerprint density at radius 3 is 2.65 bits per heavy atom. The maximum Gasteiger partial charge on any atom is 0.258 e. The molecule has 7 nitrogen and oxygen atoms in total. The number of amidine groups is 1. The minimum atomic E-state index is -0.572. The average Bonchev–Trinajstić information content (AvgIpc) is 2.53. The Balaban J connectivity index is 2.08. The smallest absolute Gasteiger partial charge is 0.258 e. The lowest BCUT2D eigenvalue weighted by atomic mass is 10.1. The number of likely N-dealkylation sites (N-methyl/N-ethyl adjacent to an activating group) is 1. The molecule has 1 amide bonds. The molecule has 1 saturated heterocycles. The Hall–Kier alpha value is -2.12. The molecule has 108 valence electrons. The molecule has 1 aromatic rings. The van der Waals surface area contributed by atoms with Gasteiger partial charge in [0, 0.05) is 18.3 Å². The van der Waals surface area contributed by atoms with E-state index in [1.54, 1.807) is 31.3 Å². The zero-order valence-corrected chi connectivity index (χ0v) is 11.2. The van der Waals surface area contributed by atoms with Gasteiger partial charge in [0.05, 0.1) is 19.8 Å². The summed E-state index contributed by atoms with van der Waals surface area (Å²) >= 11 is 0. The van der Waals surface area contributed by atoms with Gasteiger partial charge in [-0.05, 0) is 24.3 Å². The van der Waals surface area contributed by atoms with Gasteiger partial charge in [-0.3, -0.25) is 4.79 Å². The summed E-state index contributed by atoms with van der Waals surface area (Å²) in [5.74, 6) is -0.143. The van der Waals surface area contributed by atoms with E-state index in [0.717, 1.165) is 0 Å². The molecule has 1 aromatic carbocycles. The summed E-state index contributed by atoms with van der Waals surface area (Å²) in [7, 11) is 1.67. The third-order valence-corrected chi connectivity index (χ3v) is 3.08. The number of amides is 1. The summed E-state index contributed by atoms with van der Waals surface area (Å²) in [6.45, 7) is 1.21. The first-order valence-corrected chi connectivity index (χ1v) is 6.18. The number of oxime groups is 1. The zero-order valence-electron chi connectivity index (χ0n) is 11.2. The highest BCUT2D eigenvalue weighted by molar-refractivity contribution is 5.99. The maximum absolute atomic E-state index is 12.2. The van der Waals surface area contributed by atoms with E-state index in [9.17, 15) is 4.79 Å². The van der Waals surface area contributed by atoms with Gasteiger partial charge in [0.2, 0.25) is 0 Å². The molecule has 2 rings (SSSR count). The normalized spacial score (nSPS) is 19.6. The topological polar surface area (TPSA) is 97.4 Å². The molecule has 3 N–H and O–H groups in total. The predicted octanol–water partition coefficient (Wildman–Crippen LogP) is 0.159. The van der Waals surface area contributed by atoms with E-state index in [0.29, 0.717) is 24.5 Å². The molecule has 0 saturated carbocycles. The number of carbonyl (C=O) groups excluding carboxylic acids is 1. The summed E-state index contributed by atoms with van der Waals surface area (Å²) in [5, 5.41) is 11.5. The van der Waals surface area contributed by atoms with Gasteiger partial charge in [-0.15, -0.1) is 0 Å². The molecule has 1 fully saturated rings. The summed E-state index contributed by atoms with van der Waals surface area (Å²) in [5.41, 5.74) is 6.75. The molecular weight excluding hydrogens is 262 g/mol. The van der Waals surface area contributed by atoms with Crippen molar-refractivity contribution in [2.45, 2.75) is 6.10 Å². The van der Waals surface area contributed by atoms with E-state index in [1.807, 2.05) is 0 Å². The Morgan fingerprint density at radius 2 is 2.10 bits per heavy atom. The highest BCUT2D eigenvalue weighted by Gasteiger charge is 2.26. The molecule has 1 atom stereocenters. The molecule has 1 unspecified atom stereocenters. The number of carbonyl (C=O) groups is 1. The monoisotopic (exact) mass is 279 g/mol. The number of hydrogen-bond donors (Lipinski definition) is 2. The Morgan fingerprint density at radius 1 is 1.40 bits per heavy atom. The second-order valence-electron chi connectivity index (χ2n) is 4.36. The third kappa shape index (κ3) is 3.06. The number of ether oxygens (including phenoxy) is 2. The number of hydrogen-bond acceptors (Lipinski definition) is 5. The predicted molar refractivity (Wildman–Crippen MR) is 72.9 cm³/mol. The molecule has 0 spiro atoms. The van der Waals surface area contributed by atoms with Crippen molar-refractivity contribution in [3.05, 3.63) is 29.8 Å². The lowest BCUT2D eigenvalue weighted by molar-refractivity contribution is -0.144. The molecule has 0 bridgehead atoms. The fourth-order valence-electron chi connectivity index (χ4n) is 1.89. The van der Waals surface area contributed by atoms with Crippen molar-refractivity contribution in [3.8, 4) is 0 Å². The van der Waals surface area contributed by atoms with Crippen LogP contribution in [0.1, 0.15) is 5.56 Å². The molecule has 0 radical (unpaired) electrons. The van der Waals surface area contributed by atoms with Crippen LogP contribution in [-0.2, 0) is 14.3 Å². The van der Waals surface area contributed by atoms with E-state index in [1.165, 1.54) is 4.90 Å². The Bertz CT molecular complexity index is 495. The van der Waals surface area contributed by atoms with Gasteiger partial charge in [0.1, 0.15) is 0 Å². The highest BCUT2D eigenvalue weighted by atomic mass is 16.6. The summed E-state index contributed by atoms with van der Waals surface area (Å²) in [6.07, 6.45) is -0.572. The van der Waals surface area contributed by atoms with Gasteiger partial charge in [-0.1, -0.05) is 5.16 Å². The standard InChI is InChI=1S/C13H17N3O4/c1-16(13(17)11-8-19-6-7-20-11)10-4-2-9(3-5-10)12(14)15-18/h2-5,11,18H,6-8H2,1H3,(H2,14,15). The fourth-order valence-corrected chi connectivity index (χ4v) is 1.89. The van der Waals surface area contributed by atoms with Crippen LogP contribution < -0.4 is 10.6 Å². The van der Waals surface area contributed by atoms with Crippen molar-refractivity contribution in [1.82, 2.24) is 0 Å². The molecule has 0 aromatic heterocycles. The van der Waals surface area contributed by atoms with Crippen LogP contribution in [0.2, 0.25) is 0 Å². The van der Waals surface area contributed by atoms with Gasteiger partial charge in [-0.2, -0.15) is 0 Å². The average molecular weight is 279 g/mol. The number of nitrogens with two attached hydrogens (primary N) is 1. The van der Waals surface area contributed by atoms with E-state index < -0.39 is 6.10 Å². The molecule has 1 heterocycles. The van der Waals surface area contributed by atoms with Crippen LogP contribution in [0.15, 0.2) is 29.4 Å². The van der Waals surface area contributed by atoms with Gasteiger partial charge >= 0.3 is 0 Å². The molecule has 1 aliphatic heterocycles. The van der Waals surface area contributed by atoms with E-state index in [-0.39, 0.29) is 18.3 Å². The van der Waals surface area contributed by atoms with Crippen LogP contribution in [0.3, 0.4) is 0 Å². The zero-order chi connectivity index (χ0) is 14.5. The minimum Gasteiger partial charge on any atom is -0.409 e. The lowest BCUT2D eigenvalue weighted by Crippen LogP contribution is -2.43. The van der Waals surface area contributed by atoms with Gasteiger partial charge in [0.15, 0.2) is 11.9 Å². The van der Waals surface area contributed by atoms with Gasteiger partial charge in [0.25, 0.3) is 5.91 Å². The quantitative estimate of drug-likeness (QED) is 0.355. The lowest BCUT2D eigenvalue weighted by Gasteiger charge is -2.26. The van der Waals surface area contributed by atoms with E-state index in [2.05, 4.69) is 5.16 Å². The number of rotatable bonds is 3. The Labute approximate surface area is 116 Å². The van der Waals surface area contributed by atoms with Crippen molar-refractivity contribution in [2.75, 3.05) is 31.8 Å². The number of anilines is 1. The first-order chi connectivity index (χ1) is 9.63. The van der Waals surface area contributed by atoms with Crippen LogP contribution >= 0.6 is 0 Å². The number of nitrogens with zero attached hydrogens (tertiary/aromatic N) is 2. The van der Waals surface area contributed by atoms with Gasteiger partial charge in [-0.25, -0.2) is 0 Å². The van der Waals surface area contributed by atoms with Crippen LogP contribution in [0.25, 0.3) is 0 Å². The van der Waals surface area contributed by atoms with Gasteiger partial charge < -0.3 is 25.3 Å². The molecule has 7 heteroatoms. The van der Waals surface area contributed by atoms with Crippen molar-refractivity contribution in [2.24, 2.45) is 10.9 Å². The maximum atomic E-state index is 12.2. The van der Waals surface area contributed by atoms with Crippen LogP contribution in [-0.4, -0.2) is 49.9 Å². The Kier molecular flexibility index (Phi) is 4.54. The summed E-state index contributed by atoms with van der Waals surface area (Å²) < 4.78 is 10.6. The van der Waals surface area contributed by atoms with E-state index >= 15 is 0 Å². The van der Waals surface area contributed by atoms with E-state index in [4.69, 9.17) is 20.4 Å². The second-order valence-corrected chi connectivity index (χ2v) is 4.36. The summed E-state index contributed by atoms with van der Waals surface area (Å²) in [6, 6.07) is 6.78. The molecular formula is C13H17N3O4. The van der Waals surface area contributed by atoms with Crippen molar-refractivity contribution in [1.29, 1.82) is 0 Å². The van der Waals surface area contributed by atoms with Crippen LogP contribution in [0.4, 0.5) is 5.69 Å². The number of benzene rings is 1. The first-order valence-electron chi connectivity index (χ1n) is 6.18. The minimum absolute atomic E-state index is 0.0227. The highest BCUT2D eigenvalue weighted by Crippen LogP contribution is 2.16.